The van der Waals surface area contributed by atoms with Crippen molar-refractivity contribution in [1.29, 1.82) is 0 Å². The van der Waals surface area contributed by atoms with Gasteiger partial charge >= 0.3 is 0 Å². The van der Waals surface area contributed by atoms with Crippen LogP contribution in [0.1, 0.15) is 11.1 Å². The number of halogens is 2. The van der Waals surface area contributed by atoms with E-state index in [1.807, 2.05) is 18.0 Å². The molecule has 0 aromatic heterocycles. The normalized spacial score (nSPS) is 13.9. The maximum atomic E-state index is 13.2. The van der Waals surface area contributed by atoms with Crippen LogP contribution in [0.2, 0.25) is 0 Å². The molecule has 0 bridgehead atoms. The Bertz CT molecular complexity index is 921. The van der Waals surface area contributed by atoms with Gasteiger partial charge in [0.1, 0.15) is 5.82 Å². The van der Waals surface area contributed by atoms with Crippen molar-refractivity contribution < 1.29 is 12.8 Å². The smallest absolute Gasteiger partial charge is 0.240 e. The van der Waals surface area contributed by atoms with Crippen LogP contribution < -0.4 is 10.0 Å². The second-order valence-corrected chi connectivity index (χ2v) is 7.85. The van der Waals surface area contributed by atoms with E-state index < -0.39 is 15.8 Å². The Morgan fingerprint density at radius 2 is 1.81 bits per heavy atom. The Morgan fingerprint density at radius 1 is 1.11 bits per heavy atom. The van der Waals surface area contributed by atoms with Crippen LogP contribution in [0.5, 0.6) is 0 Å². The second-order valence-electron chi connectivity index (χ2n) is 6.08. The quantitative estimate of drug-likeness (QED) is 0.593. The Kier molecular flexibility index (Phi) is 7.57. The Balaban J connectivity index is 0.00000261. The average Bonchev–Trinajstić information content (AvgIpc) is 3.04. The van der Waals surface area contributed by atoms with Gasteiger partial charge in [0.05, 0.1) is 11.4 Å². The summed E-state index contributed by atoms with van der Waals surface area (Å²) in [5.41, 5.74) is 1.40. The predicted octanol–water partition coefficient (Wildman–Crippen LogP) is 2.31. The molecule has 2 N–H and O–H groups in total. The number of rotatable bonds is 6. The van der Waals surface area contributed by atoms with Gasteiger partial charge in [0.15, 0.2) is 5.96 Å². The van der Waals surface area contributed by atoms with E-state index in [0.29, 0.717) is 12.1 Å². The van der Waals surface area contributed by atoms with Gasteiger partial charge in [-0.25, -0.2) is 17.5 Å². The molecule has 0 saturated carbocycles. The zero-order valence-corrected chi connectivity index (χ0v) is 18.0. The number of nitrogens with one attached hydrogen (secondary N) is 2. The minimum absolute atomic E-state index is 0. The minimum atomic E-state index is -3.68. The zero-order valence-electron chi connectivity index (χ0n) is 14.9. The number of benzene rings is 2. The van der Waals surface area contributed by atoms with Crippen LogP contribution in [-0.2, 0) is 23.1 Å². The molecule has 9 heteroatoms. The molecule has 0 saturated heterocycles. The number of nitrogens with zero attached hydrogens (tertiary/aromatic N) is 2. The topological polar surface area (TPSA) is 73.8 Å². The van der Waals surface area contributed by atoms with E-state index in [0.717, 1.165) is 24.6 Å². The molecule has 0 radical (unpaired) electrons. The van der Waals surface area contributed by atoms with Crippen molar-refractivity contribution >= 4 is 40.0 Å². The number of aliphatic imine (C=N–C) groups is 1. The molecule has 2 aromatic carbocycles. The molecule has 0 atom stereocenters. The van der Waals surface area contributed by atoms with Gasteiger partial charge in [-0.15, -0.1) is 24.0 Å². The Morgan fingerprint density at radius 3 is 2.48 bits per heavy atom. The van der Waals surface area contributed by atoms with Crippen LogP contribution in [0.4, 0.5) is 4.39 Å². The Labute approximate surface area is 175 Å². The van der Waals surface area contributed by atoms with Gasteiger partial charge in [-0.1, -0.05) is 24.3 Å². The lowest BCUT2D eigenvalue weighted by Crippen LogP contribution is -2.35. The maximum Gasteiger partial charge on any atom is 0.240 e. The van der Waals surface area contributed by atoms with Gasteiger partial charge in [0.25, 0.3) is 0 Å². The van der Waals surface area contributed by atoms with Crippen molar-refractivity contribution in [3.63, 3.8) is 0 Å². The molecule has 3 rings (SSSR count). The van der Waals surface area contributed by atoms with E-state index in [2.05, 4.69) is 15.0 Å². The fourth-order valence-electron chi connectivity index (χ4n) is 2.64. The third-order valence-electron chi connectivity index (χ3n) is 4.07. The fourth-order valence-corrected chi connectivity index (χ4v) is 3.72. The highest BCUT2D eigenvalue weighted by Crippen LogP contribution is 2.13. The number of guanidine groups is 1. The van der Waals surface area contributed by atoms with Crippen LogP contribution in [0.25, 0.3) is 0 Å². The molecule has 1 heterocycles. The fraction of sp³-hybridized carbons (Fsp3) is 0.278. The lowest BCUT2D eigenvalue weighted by atomic mass is 10.2. The molecule has 6 nitrogen and oxygen atoms in total. The van der Waals surface area contributed by atoms with Crippen LogP contribution in [-0.4, -0.2) is 39.4 Å². The summed E-state index contributed by atoms with van der Waals surface area (Å²) in [6.45, 7) is 2.15. The van der Waals surface area contributed by atoms with E-state index in [4.69, 9.17) is 0 Å². The van der Waals surface area contributed by atoms with Crippen LogP contribution >= 0.6 is 24.0 Å². The van der Waals surface area contributed by atoms with Crippen molar-refractivity contribution in [2.24, 2.45) is 4.99 Å². The highest BCUT2D eigenvalue weighted by Gasteiger charge is 2.15. The number of hydrogen-bond donors (Lipinski definition) is 2. The summed E-state index contributed by atoms with van der Waals surface area (Å²) in [5, 5.41) is 3.21. The van der Waals surface area contributed by atoms with E-state index in [1.165, 1.54) is 18.2 Å². The van der Waals surface area contributed by atoms with E-state index >= 15 is 0 Å². The first-order valence-electron chi connectivity index (χ1n) is 8.26. The van der Waals surface area contributed by atoms with Crippen molar-refractivity contribution in [1.82, 2.24) is 14.9 Å². The van der Waals surface area contributed by atoms with Crippen molar-refractivity contribution in [3.05, 3.63) is 65.5 Å². The van der Waals surface area contributed by atoms with Crippen LogP contribution in [0.15, 0.2) is 58.4 Å². The molecule has 0 unspecified atom stereocenters. The number of likely N-dealkylation sites (N-methyl/N-ethyl adjacent to an activating group) is 1. The van der Waals surface area contributed by atoms with Gasteiger partial charge in [-0.05, 0) is 35.4 Å². The third-order valence-corrected chi connectivity index (χ3v) is 5.47. The standard InChI is InChI=1S/C18H21FN4O2S.HI/c1-23-9-8-20-18(23)21-12-15-5-3-7-17(11-15)26(24,25)22-13-14-4-2-6-16(19)10-14;/h2-7,10-11,22H,8-9,12-13H2,1H3,(H,20,21);1H. The molecule has 27 heavy (non-hydrogen) atoms. The van der Waals surface area contributed by atoms with Crippen LogP contribution in [0, 0.1) is 5.82 Å². The highest BCUT2D eigenvalue weighted by molar-refractivity contribution is 14.0. The monoisotopic (exact) mass is 504 g/mol. The molecule has 1 aliphatic rings. The largest absolute Gasteiger partial charge is 0.352 e. The van der Waals surface area contributed by atoms with Gasteiger partial charge in [-0.2, -0.15) is 0 Å². The summed E-state index contributed by atoms with van der Waals surface area (Å²) in [7, 11) is -1.73. The predicted molar refractivity (Wildman–Crippen MR) is 114 cm³/mol. The summed E-state index contributed by atoms with van der Waals surface area (Å²) >= 11 is 0. The lowest BCUT2D eigenvalue weighted by molar-refractivity contribution is 0.534. The van der Waals surface area contributed by atoms with Gasteiger partial charge < -0.3 is 10.2 Å². The summed E-state index contributed by atoms with van der Waals surface area (Å²) in [6, 6.07) is 12.6. The maximum absolute atomic E-state index is 13.2. The van der Waals surface area contributed by atoms with E-state index in [9.17, 15) is 12.8 Å². The SMILES string of the molecule is CN1CCN=C1NCc1cccc(S(=O)(=O)NCc2cccc(F)c2)c1.I. The van der Waals surface area contributed by atoms with Crippen molar-refractivity contribution in [2.45, 2.75) is 18.0 Å². The first kappa shape index (κ1) is 21.6. The lowest BCUT2D eigenvalue weighted by Gasteiger charge is -2.15. The van der Waals surface area contributed by atoms with Gasteiger partial charge in [0.2, 0.25) is 10.0 Å². The summed E-state index contributed by atoms with van der Waals surface area (Å²) < 4.78 is 40.7. The van der Waals surface area contributed by atoms with E-state index in [-0.39, 0.29) is 35.4 Å². The van der Waals surface area contributed by atoms with Crippen molar-refractivity contribution in [2.75, 3.05) is 20.1 Å². The second kappa shape index (κ2) is 9.47. The average molecular weight is 504 g/mol. The Hall–Kier alpha value is -1.72. The zero-order chi connectivity index (χ0) is 18.6. The summed E-state index contributed by atoms with van der Waals surface area (Å²) in [5.74, 6) is 0.414. The molecular weight excluding hydrogens is 482 g/mol. The van der Waals surface area contributed by atoms with Gasteiger partial charge in [0, 0.05) is 26.7 Å². The summed E-state index contributed by atoms with van der Waals surface area (Å²) in [6.07, 6.45) is 0. The molecule has 0 aliphatic carbocycles. The minimum Gasteiger partial charge on any atom is -0.352 e. The molecule has 1 aliphatic heterocycles. The third kappa shape index (κ3) is 5.88. The van der Waals surface area contributed by atoms with E-state index in [1.54, 1.807) is 24.3 Å². The molecule has 0 amide bonds. The molecule has 0 fully saturated rings. The first-order chi connectivity index (χ1) is 12.4. The number of hydrogen-bond acceptors (Lipinski definition) is 5. The molecular formula is C18H22FIN4O2S. The summed E-state index contributed by atoms with van der Waals surface area (Å²) in [4.78, 5) is 6.53. The highest BCUT2D eigenvalue weighted by atomic mass is 127. The first-order valence-corrected chi connectivity index (χ1v) is 9.75. The number of sulfonamides is 1. The molecule has 146 valence electrons. The van der Waals surface area contributed by atoms with Gasteiger partial charge in [-0.3, -0.25) is 4.99 Å². The van der Waals surface area contributed by atoms with Crippen LogP contribution in [0.3, 0.4) is 0 Å². The molecule has 2 aromatic rings. The molecule has 0 spiro atoms. The van der Waals surface area contributed by atoms with Crippen molar-refractivity contribution in [3.8, 4) is 0 Å².